The summed E-state index contributed by atoms with van der Waals surface area (Å²) in [5, 5.41) is 12.1. The SMILES string of the molecule is CCOC(=O)COc1c(I)cc(/C=C(/C#N)C(=O)Nc2ccc(Br)cc2)cc1OC. The summed E-state index contributed by atoms with van der Waals surface area (Å²) in [6.07, 6.45) is 1.45. The molecule has 0 aliphatic rings. The van der Waals surface area contributed by atoms with Crippen LogP contribution in [-0.2, 0) is 14.3 Å². The molecule has 0 saturated carbocycles. The van der Waals surface area contributed by atoms with Gasteiger partial charge in [0.1, 0.15) is 11.6 Å². The second-order valence-corrected chi connectivity index (χ2v) is 7.84. The number of nitriles is 1. The van der Waals surface area contributed by atoms with Gasteiger partial charge in [-0.3, -0.25) is 4.79 Å². The molecule has 0 radical (unpaired) electrons. The summed E-state index contributed by atoms with van der Waals surface area (Å²) in [7, 11) is 1.46. The molecule has 0 heterocycles. The molecule has 0 aliphatic heterocycles. The van der Waals surface area contributed by atoms with Gasteiger partial charge in [-0.1, -0.05) is 15.9 Å². The van der Waals surface area contributed by atoms with Gasteiger partial charge < -0.3 is 19.5 Å². The Morgan fingerprint density at radius 1 is 1.27 bits per heavy atom. The van der Waals surface area contributed by atoms with Gasteiger partial charge in [0.25, 0.3) is 5.91 Å². The van der Waals surface area contributed by atoms with Crippen molar-refractivity contribution in [1.29, 1.82) is 5.26 Å². The number of esters is 1. The lowest BCUT2D eigenvalue weighted by molar-refractivity contribution is -0.145. The highest BCUT2D eigenvalue weighted by Gasteiger charge is 2.15. The quantitative estimate of drug-likeness (QED) is 0.212. The number of nitrogens with one attached hydrogen (secondary N) is 1. The van der Waals surface area contributed by atoms with E-state index in [2.05, 4.69) is 21.2 Å². The maximum Gasteiger partial charge on any atom is 0.344 e. The molecule has 0 spiro atoms. The Bertz CT molecular complexity index is 1000. The van der Waals surface area contributed by atoms with Gasteiger partial charge in [-0.2, -0.15) is 5.26 Å². The average Bonchev–Trinajstić information content (AvgIpc) is 2.72. The minimum atomic E-state index is -0.531. The van der Waals surface area contributed by atoms with Crippen LogP contribution in [0.2, 0.25) is 0 Å². The highest BCUT2D eigenvalue weighted by Crippen LogP contribution is 2.34. The normalized spacial score (nSPS) is 10.7. The van der Waals surface area contributed by atoms with Crippen LogP contribution in [0.25, 0.3) is 6.08 Å². The van der Waals surface area contributed by atoms with Crippen molar-refractivity contribution in [2.75, 3.05) is 25.6 Å². The lowest BCUT2D eigenvalue weighted by Crippen LogP contribution is -2.15. The Morgan fingerprint density at radius 2 is 1.97 bits per heavy atom. The molecule has 0 bridgehead atoms. The first-order valence-corrected chi connectivity index (χ1v) is 10.6. The van der Waals surface area contributed by atoms with Crippen LogP contribution in [0.1, 0.15) is 12.5 Å². The first-order chi connectivity index (χ1) is 14.4. The number of hydrogen-bond donors (Lipinski definition) is 1. The molecule has 9 heteroatoms. The van der Waals surface area contributed by atoms with Gasteiger partial charge in [-0.05, 0) is 77.6 Å². The van der Waals surface area contributed by atoms with E-state index in [1.807, 2.05) is 28.7 Å². The molecular formula is C21H18BrIN2O5. The molecule has 0 aliphatic carbocycles. The number of amides is 1. The smallest absolute Gasteiger partial charge is 0.344 e. The van der Waals surface area contributed by atoms with Crippen LogP contribution in [0.5, 0.6) is 11.5 Å². The average molecular weight is 585 g/mol. The van der Waals surface area contributed by atoms with E-state index in [0.29, 0.717) is 26.3 Å². The van der Waals surface area contributed by atoms with E-state index in [-0.39, 0.29) is 18.8 Å². The molecule has 0 aromatic heterocycles. The van der Waals surface area contributed by atoms with Gasteiger partial charge in [-0.15, -0.1) is 0 Å². The summed E-state index contributed by atoms with van der Waals surface area (Å²) in [6.45, 7) is 1.72. The number of hydrogen-bond acceptors (Lipinski definition) is 6. The standard InChI is InChI=1S/C21H18BrIN2O5/c1-3-29-19(26)12-30-20-17(23)9-13(10-18(20)28-2)8-14(11-24)21(27)25-16-6-4-15(22)5-7-16/h4-10H,3,12H2,1-2H3,(H,25,27)/b14-8-. The first-order valence-electron chi connectivity index (χ1n) is 8.72. The Balaban J connectivity index is 2.24. The summed E-state index contributed by atoms with van der Waals surface area (Å²) >= 11 is 5.35. The number of halogens is 2. The van der Waals surface area contributed by atoms with Gasteiger partial charge in [-0.25, -0.2) is 4.79 Å². The number of carbonyl (C=O) groups is 2. The third-order valence-electron chi connectivity index (χ3n) is 3.67. The van der Waals surface area contributed by atoms with Gasteiger partial charge in [0.05, 0.1) is 17.3 Å². The predicted molar refractivity (Wildman–Crippen MR) is 124 cm³/mol. The number of ether oxygens (including phenoxy) is 3. The fourth-order valence-electron chi connectivity index (χ4n) is 2.34. The van der Waals surface area contributed by atoms with Crippen LogP contribution in [0.4, 0.5) is 5.69 Å². The van der Waals surface area contributed by atoms with Crippen molar-refractivity contribution in [3.05, 3.63) is 55.6 Å². The van der Waals surface area contributed by atoms with Crippen LogP contribution in [-0.4, -0.2) is 32.2 Å². The molecule has 156 valence electrons. The first kappa shape index (κ1) is 23.7. The predicted octanol–water partition coefficient (Wildman–Crippen LogP) is 4.55. The fourth-order valence-corrected chi connectivity index (χ4v) is 3.39. The second kappa shape index (κ2) is 11.6. The zero-order valence-electron chi connectivity index (χ0n) is 16.2. The summed E-state index contributed by atoms with van der Waals surface area (Å²) in [5.41, 5.74) is 1.07. The Labute approximate surface area is 196 Å². The molecule has 0 fully saturated rings. The molecule has 1 N–H and O–H groups in total. The van der Waals surface area contributed by atoms with E-state index in [0.717, 1.165) is 4.47 Å². The molecule has 0 unspecified atom stereocenters. The minimum Gasteiger partial charge on any atom is -0.493 e. The summed E-state index contributed by atoms with van der Waals surface area (Å²) in [5.74, 6) is -0.281. The van der Waals surface area contributed by atoms with Crippen molar-refractivity contribution >= 4 is 62.2 Å². The molecule has 7 nitrogen and oxygen atoms in total. The third-order valence-corrected chi connectivity index (χ3v) is 5.00. The molecule has 0 saturated heterocycles. The Hall–Kier alpha value is -2.58. The topological polar surface area (TPSA) is 97.7 Å². The lowest BCUT2D eigenvalue weighted by atomic mass is 10.1. The molecular weight excluding hydrogens is 567 g/mol. The van der Waals surface area contributed by atoms with Crippen molar-refractivity contribution in [1.82, 2.24) is 0 Å². The summed E-state index contributed by atoms with van der Waals surface area (Å²) < 4.78 is 17.2. The number of methoxy groups -OCH3 is 1. The number of anilines is 1. The Kier molecular flexibility index (Phi) is 9.14. The Morgan fingerprint density at radius 3 is 2.57 bits per heavy atom. The monoisotopic (exact) mass is 584 g/mol. The van der Waals surface area contributed by atoms with Crippen molar-refractivity contribution in [3.8, 4) is 17.6 Å². The van der Waals surface area contributed by atoms with E-state index < -0.39 is 11.9 Å². The highest BCUT2D eigenvalue weighted by molar-refractivity contribution is 14.1. The second-order valence-electron chi connectivity index (χ2n) is 5.76. The van der Waals surface area contributed by atoms with E-state index in [4.69, 9.17) is 14.2 Å². The third kappa shape index (κ3) is 6.74. The number of rotatable bonds is 8. The van der Waals surface area contributed by atoms with Crippen LogP contribution in [0.3, 0.4) is 0 Å². The fraction of sp³-hybridized carbons (Fsp3) is 0.190. The van der Waals surface area contributed by atoms with Crippen LogP contribution in [0, 0.1) is 14.9 Å². The zero-order chi connectivity index (χ0) is 22.1. The van der Waals surface area contributed by atoms with Gasteiger partial charge >= 0.3 is 5.97 Å². The molecule has 1 amide bonds. The van der Waals surface area contributed by atoms with E-state index in [9.17, 15) is 14.9 Å². The van der Waals surface area contributed by atoms with Crippen LogP contribution in [0.15, 0.2) is 46.4 Å². The molecule has 2 rings (SSSR count). The van der Waals surface area contributed by atoms with Crippen molar-refractivity contribution in [2.24, 2.45) is 0 Å². The van der Waals surface area contributed by atoms with Crippen molar-refractivity contribution in [3.63, 3.8) is 0 Å². The minimum absolute atomic E-state index is 0.0732. The summed E-state index contributed by atoms with van der Waals surface area (Å²) in [6, 6.07) is 12.3. The molecule has 2 aromatic carbocycles. The largest absolute Gasteiger partial charge is 0.493 e. The number of benzene rings is 2. The van der Waals surface area contributed by atoms with Crippen LogP contribution >= 0.6 is 38.5 Å². The molecule has 0 atom stereocenters. The summed E-state index contributed by atoms with van der Waals surface area (Å²) in [4.78, 5) is 24.0. The lowest BCUT2D eigenvalue weighted by Gasteiger charge is -2.13. The van der Waals surface area contributed by atoms with Gasteiger partial charge in [0.2, 0.25) is 0 Å². The van der Waals surface area contributed by atoms with Crippen molar-refractivity contribution < 1.29 is 23.8 Å². The van der Waals surface area contributed by atoms with E-state index in [1.54, 1.807) is 43.3 Å². The van der Waals surface area contributed by atoms with Crippen molar-refractivity contribution in [2.45, 2.75) is 6.92 Å². The number of carbonyl (C=O) groups excluding carboxylic acids is 2. The maximum atomic E-state index is 12.5. The van der Waals surface area contributed by atoms with E-state index >= 15 is 0 Å². The van der Waals surface area contributed by atoms with Gasteiger partial charge in [0.15, 0.2) is 18.1 Å². The molecule has 2 aromatic rings. The van der Waals surface area contributed by atoms with Crippen LogP contribution < -0.4 is 14.8 Å². The van der Waals surface area contributed by atoms with Gasteiger partial charge in [0, 0.05) is 10.2 Å². The molecule has 30 heavy (non-hydrogen) atoms. The number of nitrogens with zero attached hydrogens (tertiary/aromatic N) is 1. The maximum absolute atomic E-state index is 12.5. The van der Waals surface area contributed by atoms with E-state index in [1.165, 1.54) is 13.2 Å². The highest BCUT2D eigenvalue weighted by atomic mass is 127. The zero-order valence-corrected chi connectivity index (χ0v) is 19.9.